The average Bonchev–Trinajstić information content (AvgIpc) is 2.84. The lowest BCUT2D eigenvalue weighted by Gasteiger charge is -2.09. The second-order valence-electron chi connectivity index (χ2n) is 7.79. The summed E-state index contributed by atoms with van der Waals surface area (Å²) in [6.07, 6.45) is 0.769. The van der Waals surface area contributed by atoms with Crippen molar-refractivity contribution in [1.29, 1.82) is 0 Å². The van der Waals surface area contributed by atoms with Gasteiger partial charge in [-0.05, 0) is 61.9 Å². The van der Waals surface area contributed by atoms with Gasteiger partial charge < -0.3 is 23.7 Å². The number of halogens is 1. The molecule has 8 nitrogen and oxygen atoms in total. The van der Waals surface area contributed by atoms with Gasteiger partial charge in [0.2, 0.25) is 11.2 Å². The number of hydrogen-bond donors (Lipinski definition) is 2. The first-order valence-corrected chi connectivity index (χ1v) is 11.3. The molecule has 3 aromatic carbocycles. The zero-order valence-corrected chi connectivity index (χ0v) is 21.0. The number of amides is 1. The largest absolute Gasteiger partial charge is 0.504 e. The first kappa shape index (κ1) is 26.4. The third kappa shape index (κ3) is 6.49. The van der Waals surface area contributed by atoms with Gasteiger partial charge in [-0.1, -0.05) is 29.8 Å². The normalized spacial score (nSPS) is 10.4. The van der Waals surface area contributed by atoms with Gasteiger partial charge in [0.25, 0.3) is 0 Å². The van der Waals surface area contributed by atoms with E-state index in [0.717, 1.165) is 5.56 Å². The van der Waals surface area contributed by atoms with Crippen molar-refractivity contribution in [1.82, 2.24) is 0 Å². The lowest BCUT2D eigenvalue weighted by Crippen LogP contribution is -2.17. The molecule has 0 aliphatic carbocycles. The van der Waals surface area contributed by atoms with E-state index < -0.39 is 6.09 Å². The molecule has 0 atom stereocenters. The Kier molecular flexibility index (Phi) is 8.81. The summed E-state index contributed by atoms with van der Waals surface area (Å²) in [4.78, 5) is 23.8. The number of aromatic hydroxyl groups is 1. The van der Waals surface area contributed by atoms with Gasteiger partial charge in [0.1, 0.15) is 12.0 Å². The lowest BCUT2D eigenvalue weighted by molar-refractivity contribution is 0.130. The summed E-state index contributed by atoms with van der Waals surface area (Å²) in [6.45, 7) is 3.58. The van der Waals surface area contributed by atoms with E-state index in [2.05, 4.69) is 5.32 Å². The van der Waals surface area contributed by atoms with Crippen molar-refractivity contribution in [3.05, 3.63) is 82.2 Å². The maximum Gasteiger partial charge on any atom is 0.411 e. The van der Waals surface area contributed by atoms with Gasteiger partial charge in [-0.25, -0.2) is 4.79 Å². The van der Waals surface area contributed by atoms with E-state index in [-0.39, 0.29) is 28.6 Å². The summed E-state index contributed by atoms with van der Waals surface area (Å²) in [5, 5.41) is 13.2. The molecule has 188 valence electrons. The van der Waals surface area contributed by atoms with Crippen LogP contribution in [0.2, 0.25) is 5.02 Å². The predicted molar refractivity (Wildman–Crippen MR) is 139 cm³/mol. The maximum absolute atomic E-state index is 12.6. The highest BCUT2D eigenvalue weighted by molar-refractivity contribution is 6.30. The molecule has 9 heteroatoms. The number of benzene rings is 3. The fourth-order valence-corrected chi connectivity index (χ4v) is 3.45. The topological polar surface area (TPSA) is 107 Å². The van der Waals surface area contributed by atoms with Crippen LogP contribution in [0.15, 0.2) is 76.1 Å². The number of ether oxygens (including phenoxy) is 3. The van der Waals surface area contributed by atoms with Crippen LogP contribution in [0, 0.1) is 0 Å². The summed E-state index contributed by atoms with van der Waals surface area (Å²) in [6, 6.07) is 16.9. The number of rotatable bonds is 5. The minimum absolute atomic E-state index is 0.0738. The summed E-state index contributed by atoms with van der Waals surface area (Å²) >= 11 is 5.74. The minimum Gasteiger partial charge on any atom is -0.504 e. The van der Waals surface area contributed by atoms with Crippen LogP contribution in [0.4, 0.5) is 10.5 Å². The average molecular weight is 512 g/mol. The summed E-state index contributed by atoms with van der Waals surface area (Å²) in [7, 11) is 2.99. The number of carbonyl (C=O) groups is 1. The van der Waals surface area contributed by atoms with Crippen LogP contribution in [-0.2, 0) is 4.74 Å². The zero-order valence-electron chi connectivity index (χ0n) is 20.2. The van der Waals surface area contributed by atoms with Gasteiger partial charge >= 0.3 is 6.09 Å². The molecule has 1 amide bonds. The monoisotopic (exact) mass is 511 g/mol. The highest BCUT2D eigenvalue weighted by atomic mass is 35.5. The molecule has 0 radical (unpaired) electrons. The Balaban J connectivity index is 0.000000223. The van der Waals surface area contributed by atoms with E-state index in [1.165, 1.54) is 25.5 Å². The Morgan fingerprint density at radius 1 is 1.03 bits per heavy atom. The molecule has 0 unspecified atom stereocenters. The van der Waals surface area contributed by atoms with Crippen LogP contribution in [0.5, 0.6) is 17.2 Å². The zero-order chi connectivity index (χ0) is 26.2. The van der Waals surface area contributed by atoms with Gasteiger partial charge in [-0.3, -0.25) is 10.1 Å². The highest BCUT2D eigenvalue weighted by Gasteiger charge is 2.15. The molecule has 0 spiro atoms. The molecule has 36 heavy (non-hydrogen) atoms. The number of phenolic OH excluding ortho intramolecular Hbond substituents is 1. The molecule has 0 saturated carbocycles. The third-order valence-electron chi connectivity index (χ3n) is 4.89. The Hall–Kier alpha value is -4.17. The predicted octanol–water partition coefficient (Wildman–Crippen LogP) is 6.48. The SMILES string of the molecule is CC(C)OC(=O)Nc1cccc(Cl)c1.COc1ccc(-c2coc3c(OC)c(O)ccc3c2=O)cc1. The van der Waals surface area contributed by atoms with E-state index in [9.17, 15) is 14.7 Å². The molecule has 1 heterocycles. The minimum atomic E-state index is -0.470. The molecule has 1 aromatic heterocycles. The third-order valence-corrected chi connectivity index (χ3v) is 5.13. The van der Waals surface area contributed by atoms with Gasteiger partial charge in [0.05, 0.1) is 31.3 Å². The highest BCUT2D eigenvalue weighted by Crippen LogP contribution is 2.34. The van der Waals surface area contributed by atoms with Crippen LogP contribution < -0.4 is 20.2 Å². The number of fused-ring (bicyclic) bond motifs is 1. The van der Waals surface area contributed by atoms with E-state index in [0.29, 0.717) is 27.4 Å². The van der Waals surface area contributed by atoms with Gasteiger partial charge in [-0.2, -0.15) is 0 Å². The van der Waals surface area contributed by atoms with Gasteiger partial charge in [0.15, 0.2) is 11.3 Å². The molecule has 0 bridgehead atoms. The second-order valence-corrected chi connectivity index (χ2v) is 8.23. The van der Waals surface area contributed by atoms with Gasteiger partial charge in [-0.15, -0.1) is 0 Å². The van der Waals surface area contributed by atoms with Crippen LogP contribution in [0.25, 0.3) is 22.1 Å². The Labute approximate surface area is 213 Å². The second kappa shape index (κ2) is 12.0. The fraction of sp³-hybridized carbons (Fsp3) is 0.185. The number of anilines is 1. The smallest absolute Gasteiger partial charge is 0.411 e. The quantitative estimate of drug-likeness (QED) is 0.315. The summed E-state index contributed by atoms with van der Waals surface area (Å²) in [5.41, 5.74) is 1.82. The number of phenols is 1. The van der Waals surface area contributed by atoms with Gasteiger partial charge in [0, 0.05) is 10.7 Å². The lowest BCUT2D eigenvalue weighted by atomic mass is 10.1. The molecule has 0 aliphatic heterocycles. The van der Waals surface area contributed by atoms with E-state index in [4.69, 9.17) is 30.2 Å². The van der Waals surface area contributed by atoms with Crippen LogP contribution >= 0.6 is 11.6 Å². The fourth-order valence-electron chi connectivity index (χ4n) is 3.26. The van der Waals surface area contributed by atoms with Crippen molar-refractivity contribution in [3.8, 4) is 28.4 Å². The van der Waals surface area contributed by atoms with E-state index in [1.807, 2.05) is 0 Å². The molecular formula is C27H26ClNO7. The molecule has 0 fully saturated rings. The molecule has 4 rings (SSSR count). The van der Waals surface area contributed by atoms with E-state index in [1.54, 1.807) is 69.5 Å². The molecule has 0 saturated heterocycles. The van der Waals surface area contributed by atoms with Crippen LogP contribution in [0.1, 0.15) is 13.8 Å². The van der Waals surface area contributed by atoms with Crippen molar-refractivity contribution < 1.29 is 28.5 Å². The van der Waals surface area contributed by atoms with Crippen LogP contribution in [0.3, 0.4) is 0 Å². The Morgan fingerprint density at radius 3 is 2.36 bits per heavy atom. The molecular weight excluding hydrogens is 486 g/mol. The molecule has 2 N–H and O–H groups in total. The Bertz CT molecular complexity index is 1400. The Morgan fingerprint density at radius 2 is 1.75 bits per heavy atom. The van der Waals surface area contributed by atoms with Crippen molar-refractivity contribution in [2.24, 2.45) is 0 Å². The number of carbonyl (C=O) groups excluding carboxylic acids is 1. The summed E-state index contributed by atoms with van der Waals surface area (Å²) < 4.78 is 20.6. The van der Waals surface area contributed by atoms with Crippen molar-refractivity contribution in [2.75, 3.05) is 19.5 Å². The first-order valence-electron chi connectivity index (χ1n) is 10.9. The molecule has 0 aliphatic rings. The van der Waals surface area contributed by atoms with Crippen molar-refractivity contribution >= 4 is 34.4 Å². The van der Waals surface area contributed by atoms with Crippen molar-refractivity contribution in [2.45, 2.75) is 20.0 Å². The maximum atomic E-state index is 12.6. The molecule has 4 aromatic rings. The standard InChI is InChI=1S/C17H14O5.C10H12ClNO2/c1-20-11-5-3-10(4-6-11)13-9-22-16-12(15(13)19)7-8-14(18)17(16)21-2;1-7(2)14-10(13)12-9-5-3-4-8(11)6-9/h3-9,18H,1-2H3;3-7H,1-2H3,(H,12,13). The number of methoxy groups -OCH3 is 2. The van der Waals surface area contributed by atoms with E-state index >= 15 is 0 Å². The summed E-state index contributed by atoms with van der Waals surface area (Å²) in [5.74, 6) is 0.784. The van der Waals surface area contributed by atoms with Crippen molar-refractivity contribution in [3.63, 3.8) is 0 Å². The van der Waals surface area contributed by atoms with Crippen LogP contribution in [-0.4, -0.2) is 31.5 Å². The number of nitrogens with one attached hydrogen (secondary N) is 1. The first-order chi connectivity index (χ1) is 17.2. The number of hydrogen-bond acceptors (Lipinski definition) is 7.